The number of carbonyl (C=O) groups is 1. The fraction of sp³-hybridized carbons (Fsp3) is 0.120. The van der Waals surface area contributed by atoms with Crippen LogP contribution in [0.4, 0.5) is 0 Å². The van der Waals surface area contributed by atoms with E-state index in [9.17, 15) is 14.9 Å². The summed E-state index contributed by atoms with van der Waals surface area (Å²) in [7, 11) is 0. The molecule has 4 rings (SSSR count). The smallest absolute Gasteiger partial charge is 0.344 e. The van der Waals surface area contributed by atoms with Crippen molar-refractivity contribution in [2.24, 2.45) is 0 Å². The van der Waals surface area contributed by atoms with Gasteiger partial charge in [-0.3, -0.25) is 10.1 Å². The molecule has 0 spiro atoms. The molecular weight excluding hydrogens is 486 g/mol. The highest BCUT2D eigenvalue weighted by Crippen LogP contribution is 2.37. The first kappa shape index (κ1) is 22.4. The van der Waals surface area contributed by atoms with Crippen molar-refractivity contribution < 1.29 is 14.5 Å². The Hall–Kier alpha value is -3.78. The quantitative estimate of drug-likeness (QED) is 0.186. The summed E-state index contributed by atoms with van der Waals surface area (Å²) in [5.74, 6) is -1.06. The Morgan fingerprint density at radius 1 is 1.03 bits per heavy atom. The van der Waals surface area contributed by atoms with E-state index in [2.05, 4.69) is 21.0 Å². The lowest BCUT2D eigenvalue weighted by Gasteiger charge is -2.16. The number of benzene rings is 3. The summed E-state index contributed by atoms with van der Waals surface area (Å²) >= 11 is 3.40. The van der Waals surface area contributed by atoms with Crippen LogP contribution < -0.4 is 4.74 Å². The zero-order chi connectivity index (χ0) is 23.4. The van der Waals surface area contributed by atoms with Crippen molar-refractivity contribution in [3.63, 3.8) is 0 Å². The molecule has 8 heteroatoms. The minimum atomic E-state index is -0.663. The van der Waals surface area contributed by atoms with Gasteiger partial charge in [0.1, 0.15) is 0 Å². The first-order chi connectivity index (χ1) is 15.9. The van der Waals surface area contributed by atoms with E-state index in [-0.39, 0.29) is 17.3 Å². The third-order valence-electron chi connectivity index (χ3n) is 5.21. The molecule has 0 saturated heterocycles. The van der Waals surface area contributed by atoms with Crippen molar-refractivity contribution in [1.29, 1.82) is 0 Å². The van der Waals surface area contributed by atoms with Crippen LogP contribution >= 0.6 is 15.9 Å². The molecule has 1 atom stereocenters. The van der Waals surface area contributed by atoms with Gasteiger partial charge in [-0.1, -0.05) is 64.5 Å². The maximum atomic E-state index is 13.0. The third-order valence-corrected chi connectivity index (χ3v) is 5.74. The zero-order valence-corrected chi connectivity index (χ0v) is 19.3. The number of hydrogen-bond acceptors (Lipinski definition) is 5. The van der Waals surface area contributed by atoms with Gasteiger partial charge in [0, 0.05) is 9.40 Å². The van der Waals surface area contributed by atoms with E-state index in [1.54, 1.807) is 37.3 Å². The molecule has 166 valence electrons. The van der Waals surface area contributed by atoms with Crippen molar-refractivity contribution in [3.8, 4) is 11.6 Å². The van der Waals surface area contributed by atoms with Crippen LogP contribution in [0.15, 0.2) is 89.4 Å². The Morgan fingerprint density at radius 3 is 2.24 bits per heavy atom. The van der Waals surface area contributed by atoms with Gasteiger partial charge in [-0.2, -0.15) is 5.10 Å². The van der Waals surface area contributed by atoms with Crippen molar-refractivity contribution >= 4 is 21.9 Å². The number of para-hydroxylation sites is 1. The highest BCUT2D eigenvalue weighted by Gasteiger charge is 2.31. The van der Waals surface area contributed by atoms with E-state index in [4.69, 9.17) is 4.74 Å². The lowest BCUT2D eigenvalue weighted by atomic mass is 9.91. The molecular formula is C25H20BrN3O4. The first-order valence-corrected chi connectivity index (χ1v) is 11.0. The van der Waals surface area contributed by atoms with Crippen LogP contribution in [0.3, 0.4) is 0 Å². The zero-order valence-electron chi connectivity index (χ0n) is 17.7. The summed E-state index contributed by atoms with van der Waals surface area (Å²) in [4.78, 5) is 24.2. The van der Waals surface area contributed by atoms with E-state index in [1.165, 1.54) is 4.68 Å². The van der Waals surface area contributed by atoms with Crippen molar-refractivity contribution in [2.45, 2.75) is 12.8 Å². The Kier molecular flexibility index (Phi) is 6.65. The molecule has 0 saturated carbocycles. The van der Waals surface area contributed by atoms with Gasteiger partial charge in [-0.15, -0.1) is 0 Å². The molecule has 0 unspecified atom stereocenters. The SMILES string of the molecule is Cc1nn(-c2ccccc2)c(OC(=O)c2ccccc2)c1[C@@H](C[N+](=O)[O-])c1ccc(Br)cc1. The number of carbonyl (C=O) groups excluding carboxylic acids is 1. The van der Waals surface area contributed by atoms with Crippen molar-refractivity contribution in [3.05, 3.63) is 122 Å². The monoisotopic (exact) mass is 505 g/mol. The number of aromatic nitrogens is 2. The number of aryl methyl sites for hydroxylation is 1. The number of halogens is 1. The fourth-order valence-electron chi connectivity index (χ4n) is 3.69. The molecule has 1 heterocycles. The van der Waals surface area contributed by atoms with Gasteiger partial charge in [-0.25, -0.2) is 9.48 Å². The number of esters is 1. The summed E-state index contributed by atoms with van der Waals surface area (Å²) in [6.45, 7) is 1.39. The molecule has 0 N–H and O–H groups in total. The van der Waals surface area contributed by atoms with E-state index in [0.29, 0.717) is 22.5 Å². The Morgan fingerprint density at radius 2 is 1.64 bits per heavy atom. The van der Waals surface area contributed by atoms with Crippen LogP contribution in [0, 0.1) is 17.0 Å². The maximum absolute atomic E-state index is 13.0. The molecule has 0 fully saturated rings. The third kappa shape index (κ3) is 5.01. The minimum absolute atomic E-state index is 0.169. The average Bonchev–Trinajstić information content (AvgIpc) is 3.14. The molecule has 0 aliphatic carbocycles. The van der Waals surface area contributed by atoms with Crippen LogP contribution in [0.5, 0.6) is 5.88 Å². The predicted molar refractivity (Wildman–Crippen MR) is 128 cm³/mol. The summed E-state index contributed by atoms with van der Waals surface area (Å²) in [6.07, 6.45) is 0. The van der Waals surface area contributed by atoms with Crippen LogP contribution in [0.2, 0.25) is 0 Å². The van der Waals surface area contributed by atoms with Crippen molar-refractivity contribution in [2.75, 3.05) is 6.54 Å². The second kappa shape index (κ2) is 9.79. The summed E-state index contributed by atoms with van der Waals surface area (Å²) in [5.41, 5.74) is 2.82. The van der Waals surface area contributed by atoms with Crippen LogP contribution in [-0.4, -0.2) is 27.2 Å². The lowest BCUT2D eigenvalue weighted by molar-refractivity contribution is -0.481. The number of nitro groups is 1. The van der Waals surface area contributed by atoms with E-state index in [1.807, 2.05) is 54.6 Å². The minimum Gasteiger partial charge on any atom is -0.403 e. The Labute approximate surface area is 198 Å². The predicted octanol–water partition coefficient (Wildman–Crippen LogP) is 5.57. The normalized spacial score (nSPS) is 11.7. The van der Waals surface area contributed by atoms with Gasteiger partial charge in [0.05, 0.1) is 28.4 Å². The second-order valence-corrected chi connectivity index (χ2v) is 8.34. The highest BCUT2D eigenvalue weighted by molar-refractivity contribution is 9.10. The number of hydrogen-bond donors (Lipinski definition) is 0. The van der Waals surface area contributed by atoms with Gasteiger partial charge in [0.25, 0.3) is 0 Å². The first-order valence-electron chi connectivity index (χ1n) is 10.2. The average molecular weight is 506 g/mol. The van der Waals surface area contributed by atoms with Crippen LogP contribution in [0.1, 0.15) is 33.1 Å². The fourth-order valence-corrected chi connectivity index (χ4v) is 3.95. The number of nitrogens with zero attached hydrogens (tertiary/aromatic N) is 3. The highest BCUT2D eigenvalue weighted by atomic mass is 79.9. The summed E-state index contributed by atoms with van der Waals surface area (Å²) < 4.78 is 8.26. The number of rotatable bonds is 7. The molecule has 0 aliphatic heterocycles. The molecule has 4 aromatic rings. The van der Waals surface area contributed by atoms with Crippen molar-refractivity contribution in [1.82, 2.24) is 9.78 Å². The Balaban J connectivity index is 1.88. The molecule has 33 heavy (non-hydrogen) atoms. The van der Waals surface area contributed by atoms with Gasteiger partial charge in [0.2, 0.25) is 12.4 Å². The molecule has 0 bridgehead atoms. The van der Waals surface area contributed by atoms with E-state index < -0.39 is 11.9 Å². The molecule has 0 amide bonds. The largest absolute Gasteiger partial charge is 0.403 e. The van der Waals surface area contributed by atoms with Crippen LogP contribution in [-0.2, 0) is 0 Å². The molecule has 0 radical (unpaired) electrons. The van der Waals surface area contributed by atoms with Gasteiger partial charge in [-0.05, 0) is 48.9 Å². The lowest BCUT2D eigenvalue weighted by Crippen LogP contribution is -2.18. The summed E-state index contributed by atoms with van der Waals surface area (Å²) in [6, 6.07) is 25.1. The Bertz CT molecular complexity index is 1270. The second-order valence-electron chi connectivity index (χ2n) is 7.43. The molecule has 0 aliphatic rings. The van der Waals surface area contributed by atoms with Gasteiger partial charge < -0.3 is 4.74 Å². The number of ether oxygens (including phenoxy) is 1. The maximum Gasteiger partial charge on any atom is 0.344 e. The molecule has 3 aromatic carbocycles. The standard InChI is InChI=1S/C25H20BrN3O4/c1-17-23(22(16-28(31)32)18-12-14-20(26)15-13-18)24(29(27-17)21-10-6-3-7-11-21)33-25(30)19-8-4-2-5-9-19/h2-15,22H,16H2,1H3/t22-/m0/s1. The van der Waals surface area contributed by atoms with Gasteiger partial charge in [0.15, 0.2) is 0 Å². The van der Waals surface area contributed by atoms with Crippen LogP contribution in [0.25, 0.3) is 5.69 Å². The molecule has 1 aromatic heterocycles. The summed E-state index contributed by atoms with van der Waals surface area (Å²) in [5, 5.41) is 16.2. The van der Waals surface area contributed by atoms with E-state index in [0.717, 1.165) is 10.0 Å². The van der Waals surface area contributed by atoms with E-state index >= 15 is 0 Å². The van der Waals surface area contributed by atoms with Gasteiger partial charge >= 0.3 is 5.97 Å². The molecule has 7 nitrogen and oxygen atoms in total. The topological polar surface area (TPSA) is 87.3 Å².